The van der Waals surface area contributed by atoms with Crippen molar-refractivity contribution in [3.8, 4) is 17.2 Å². The highest BCUT2D eigenvalue weighted by Crippen LogP contribution is 2.43. The smallest absolute Gasteiger partial charge is 0.295 e. The number of Topliss-reactive ketones (excluding diaryl/α,β-unsaturated/α-hetero) is 1. The standard InChI is InChI=1S/C25H23NO6S/c1-3-32-20-13-15(9-10-19(20)27)22-21(23(28)16-6-4-7-17(12-16)31-2)24(29)25(30)26(22)14-18-8-5-11-33-18/h4-13,22,27-28H,3,14H2,1-2H3/b23-21+. The number of methoxy groups -OCH3 is 1. The number of thiophene rings is 1. The highest BCUT2D eigenvalue weighted by Gasteiger charge is 2.46. The summed E-state index contributed by atoms with van der Waals surface area (Å²) in [6.07, 6.45) is 0. The van der Waals surface area contributed by atoms with Crippen molar-refractivity contribution in [1.29, 1.82) is 0 Å². The maximum Gasteiger partial charge on any atom is 0.295 e. The molecule has 3 aromatic rings. The number of benzene rings is 2. The van der Waals surface area contributed by atoms with Gasteiger partial charge in [0.25, 0.3) is 11.7 Å². The summed E-state index contributed by atoms with van der Waals surface area (Å²) in [5, 5.41) is 23.2. The number of likely N-dealkylation sites (tertiary alicyclic amines) is 1. The van der Waals surface area contributed by atoms with Gasteiger partial charge in [-0.1, -0.05) is 24.3 Å². The number of carbonyl (C=O) groups excluding carboxylic acids is 2. The van der Waals surface area contributed by atoms with Crippen LogP contribution in [0.25, 0.3) is 5.76 Å². The fraction of sp³-hybridized carbons (Fsp3) is 0.200. The monoisotopic (exact) mass is 465 g/mol. The summed E-state index contributed by atoms with van der Waals surface area (Å²) in [4.78, 5) is 28.6. The highest BCUT2D eigenvalue weighted by molar-refractivity contribution is 7.09. The van der Waals surface area contributed by atoms with Crippen LogP contribution in [0.15, 0.2) is 65.6 Å². The molecule has 1 atom stereocenters. The van der Waals surface area contributed by atoms with E-state index >= 15 is 0 Å². The van der Waals surface area contributed by atoms with Crippen LogP contribution >= 0.6 is 11.3 Å². The molecule has 1 aromatic heterocycles. The summed E-state index contributed by atoms with van der Waals surface area (Å²) in [7, 11) is 1.50. The van der Waals surface area contributed by atoms with Gasteiger partial charge in [-0.05, 0) is 48.2 Å². The number of ether oxygens (including phenoxy) is 2. The third kappa shape index (κ3) is 4.29. The number of amides is 1. The molecule has 7 nitrogen and oxygen atoms in total. The quantitative estimate of drug-likeness (QED) is 0.303. The van der Waals surface area contributed by atoms with Crippen LogP contribution in [0.2, 0.25) is 0 Å². The Labute approximate surface area is 195 Å². The molecule has 1 aliphatic rings. The van der Waals surface area contributed by atoms with Crippen molar-refractivity contribution in [3.05, 3.63) is 81.6 Å². The van der Waals surface area contributed by atoms with Crippen molar-refractivity contribution >= 4 is 28.8 Å². The van der Waals surface area contributed by atoms with E-state index in [4.69, 9.17) is 9.47 Å². The molecule has 0 bridgehead atoms. The van der Waals surface area contributed by atoms with Gasteiger partial charge in [-0.2, -0.15) is 0 Å². The van der Waals surface area contributed by atoms with E-state index in [1.165, 1.54) is 29.4 Å². The number of rotatable bonds is 7. The predicted molar refractivity (Wildman–Crippen MR) is 124 cm³/mol. The lowest BCUT2D eigenvalue weighted by atomic mass is 9.95. The van der Waals surface area contributed by atoms with Gasteiger partial charge >= 0.3 is 0 Å². The second-order valence-electron chi connectivity index (χ2n) is 7.40. The molecule has 33 heavy (non-hydrogen) atoms. The lowest BCUT2D eigenvalue weighted by Gasteiger charge is -2.25. The molecule has 4 rings (SSSR count). The second kappa shape index (κ2) is 9.38. The lowest BCUT2D eigenvalue weighted by molar-refractivity contribution is -0.140. The van der Waals surface area contributed by atoms with Crippen molar-refractivity contribution in [2.24, 2.45) is 0 Å². The molecule has 2 heterocycles. The Morgan fingerprint density at radius 1 is 1.12 bits per heavy atom. The zero-order chi connectivity index (χ0) is 23.5. The third-order valence-electron chi connectivity index (χ3n) is 5.39. The lowest BCUT2D eigenvalue weighted by Crippen LogP contribution is -2.28. The first-order valence-corrected chi connectivity index (χ1v) is 11.2. The van der Waals surface area contributed by atoms with Gasteiger partial charge < -0.3 is 24.6 Å². The molecule has 8 heteroatoms. The van der Waals surface area contributed by atoms with Crippen molar-refractivity contribution in [1.82, 2.24) is 4.90 Å². The number of nitrogens with zero attached hydrogens (tertiary/aromatic N) is 1. The molecule has 1 aliphatic heterocycles. The van der Waals surface area contributed by atoms with E-state index in [-0.39, 0.29) is 29.4 Å². The number of aliphatic hydroxyl groups is 1. The van der Waals surface area contributed by atoms with Crippen LogP contribution in [0.5, 0.6) is 17.2 Å². The minimum Gasteiger partial charge on any atom is -0.507 e. The first-order valence-electron chi connectivity index (χ1n) is 10.4. The van der Waals surface area contributed by atoms with Crippen LogP contribution in [-0.2, 0) is 16.1 Å². The number of aliphatic hydroxyl groups excluding tert-OH is 1. The number of hydrogen-bond donors (Lipinski definition) is 2. The fourth-order valence-corrected chi connectivity index (χ4v) is 4.56. The Morgan fingerprint density at radius 2 is 1.94 bits per heavy atom. The molecule has 1 amide bonds. The molecule has 0 saturated carbocycles. The van der Waals surface area contributed by atoms with Gasteiger partial charge in [0.2, 0.25) is 0 Å². The van der Waals surface area contributed by atoms with E-state index in [9.17, 15) is 19.8 Å². The van der Waals surface area contributed by atoms with Gasteiger partial charge in [0, 0.05) is 10.4 Å². The maximum atomic E-state index is 13.2. The summed E-state index contributed by atoms with van der Waals surface area (Å²) in [6, 6.07) is 14.2. The van der Waals surface area contributed by atoms with Crippen LogP contribution in [0.3, 0.4) is 0 Å². The van der Waals surface area contributed by atoms with E-state index < -0.39 is 17.7 Å². The first-order chi connectivity index (χ1) is 15.9. The summed E-state index contributed by atoms with van der Waals surface area (Å²) < 4.78 is 10.7. The van der Waals surface area contributed by atoms with Crippen molar-refractivity contribution in [2.45, 2.75) is 19.5 Å². The topological polar surface area (TPSA) is 96.3 Å². The van der Waals surface area contributed by atoms with E-state index in [0.29, 0.717) is 23.5 Å². The molecular formula is C25H23NO6S. The van der Waals surface area contributed by atoms with Crippen molar-refractivity contribution in [2.75, 3.05) is 13.7 Å². The summed E-state index contributed by atoms with van der Waals surface area (Å²) in [5.41, 5.74) is 0.867. The highest BCUT2D eigenvalue weighted by atomic mass is 32.1. The van der Waals surface area contributed by atoms with Gasteiger partial charge in [0.15, 0.2) is 11.5 Å². The van der Waals surface area contributed by atoms with Crippen LogP contribution < -0.4 is 9.47 Å². The Bertz CT molecular complexity index is 1220. The van der Waals surface area contributed by atoms with Gasteiger partial charge in [-0.25, -0.2) is 0 Å². The molecule has 2 N–H and O–H groups in total. The minimum absolute atomic E-state index is 0.0297. The molecule has 0 aliphatic carbocycles. The molecule has 0 spiro atoms. The van der Waals surface area contributed by atoms with Gasteiger partial charge in [-0.15, -0.1) is 11.3 Å². The largest absolute Gasteiger partial charge is 0.507 e. The average Bonchev–Trinajstić information content (AvgIpc) is 3.43. The van der Waals surface area contributed by atoms with Gasteiger partial charge in [-0.3, -0.25) is 9.59 Å². The summed E-state index contributed by atoms with van der Waals surface area (Å²) in [6.45, 7) is 2.32. The van der Waals surface area contributed by atoms with E-state index in [2.05, 4.69) is 0 Å². The first kappa shape index (κ1) is 22.4. The zero-order valence-corrected chi connectivity index (χ0v) is 19.0. The number of carbonyl (C=O) groups is 2. The summed E-state index contributed by atoms with van der Waals surface area (Å²) in [5.74, 6) is -1.09. The number of hydrogen-bond acceptors (Lipinski definition) is 7. The van der Waals surface area contributed by atoms with Crippen molar-refractivity contribution in [3.63, 3.8) is 0 Å². The van der Waals surface area contributed by atoms with Gasteiger partial charge in [0.05, 0.1) is 31.9 Å². The molecule has 1 unspecified atom stereocenters. The van der Waals surface area contributed by atoms with E-state index in [1.54, 1.807) is 43.3 Å². The molecule has 0 radical (unpaired) electrons. The average molecular weight is 466 g/mol. The van der Waals surface area contributed by atoms with Gasteiger partial charge in [0.1, 0.15) is 11.5 Å². The molecule has 170 valence electrons. The normalized spacial score (nSPS) is 17.4. The Morgan fingerprint density at radius 3 is 2.64 bits per heavy atom. The van der Waals surface area contributed by atoms with Crippen LogP contribution in [0.4, 0.5) is 0 Å². The SMILES string of the molecule is CCOc1cc(C2/C(=C(\O)c3cccc(OC)c3)C(=O)C(=O)N2Cc2cccs2)ccc1O. The van der Waals surface area contributed by atoms with E-state index in [1.807, 2.05) is 17.5 Å². The van der Waals surface area contributed by atoms with E-state index in [0.717, 1.165) is 4.88 Å². The molecule has 1 fully saturated rings. The van der Waals surface area contributed by atoms with Crippen LogP contribution in [0, 0.1) is 0 Å². The fourth-order valence-electron chi connectivity index (χ4n) is 3.86. The predicted octanol–water partition coefficient (Wildman–Crippen LogP) is 4.48. The zero-order valence-electron chi connectivity index (χ0n) is 18.1. The third-order valence-corrected chi connectivity index (χ3v) is 6.25. The number of aromatic hydroxyl groups is 1. The number of ketones is 1. The molecule has 2 aromatic carbocycles. The second-order valence-corrected chi connectivity index (χ2v) is 8.43. The summed E-state index contributed by atoms with van der Waals surface area (Å²) >= 11 is 1.47. The molecular weight excluding hydrogens is 442 g/mol. The Balaban J connectivity index is 1.89. The van der Waals surface area contributed by atoms with Crippen LogP contribution in [0.1, 0.15) is 29.0 Å². The van der Waals surface area contributed by atoms with Crippen molar-refractivity contribution < 1.29 is 29.3 Å². The molecule has 1 saturated heterocycles. The maximum absolute atomic E-state index is 13.2. The minimum atomic E-state index is -0.863. The Kier molecular flexibility index (Phi) is 6.37. The number of phenolic OH excluding ortho intramolecular Hbond substituents is 1. The Hall–Kier alpha value is -3.78. The van der Waals surface area contributed by atoms with Crippen LogP contribution in [-0.4, -0.2) is 40.5 Å². The number of phenols is 1.